The Kier molecular flexibility index (Phi) is 6.20. The molecule has 0 radical (unpaired) electrons. The van der Waals surface area contributed by atoms with Crippen molar-refractivity contribution in [1.82, 2.24) is 0 Å². The Morgan fingerprint density at radius 2 is 1.76 bits per heavy atom. The Balaban J connectivity index is 1.58. The molecule has 0 aromatic heterocycles. The van der Waals surface area contributed by atoms with Gasteiger partial charge in [0.1, 0.15) is 17.1 Å². The molecule has 2 aromatic carbocycles. The molecule has 1 aliphatic heterocycles. The normalized spacial score (nSPS) is 26.1. The summed E-state index contributed by atoms with van der Waals surface area (Å²) in [6.07, 6.45) is -1.77. The lowest BCUT2D eigenvalue weighted by atomic mass is 9.82. The molecular weight excluding hydrogens is 444 g/mol. The van der Waals surface area contributed by atoms with Crippen molar-refractivity contribution in [2.45, 2.75) is 57.9 Å². The molecule has 180 valence electrons. The molecule has 1 saturated heterocycles. The van der Waals surface area contributed by atoms with Gasteiger partial charge in [0.2, 0.25) is 0 Å². The van der Waals surface area contributed by atoms with E-state index in [0.717, 1.165) is 0 Å². The molecule has 0 bridgehead atoms. The van der Waals surface area contributed by atoms with E-state index in [1.54, 1.807) is 26.0 Å². The number of hydrogen-bond acceptors (Lipinski definition) is 9. The average molecular weight is 470 g/mol. The third kappa shape index (κ3) is 3.96. The van der Waals surface area contributed by atoms with Gasteiger partial charge in [-0.25, -0.2) is 0 Å². The molecule has 34 heavy (non-hydrogen) atoms. The lowest BCUT2D eigenvalue weighted by Crippen LogP contribution is -2.57. The van der Waals surface area contributed by atoms with E-state index >= 15 is 0 Å². The molecular formula is C25H26O9. The van der Waals surface area contributed by atoms with Gasteiger partial charge in [0.25, 0.3) is 0 Å². The number of methoxy groups -OCH3 is 1. The molecule has 9 nitrogen and oxygen atoms in total. The maximum Gasteiger partial charge on any atom is 0.303 e. The van der Waals surface area contributed by atoms with Crippen molar-refractivity contribution < 1.29 is 43.5 Å². The van der Waals surface area contributed by atoms with Gasteiger partial charge in [0.05, 0.1) is 23.8 Å². The first-order valence-electron chi connectivity index (χ1n) is 10.8. The van der Waals surface area contributed by atoms with Crippen molar-refractivity contribution in [3.05, 3.63) is 58.1 Å². The summed E-state index contributed by atoms with van der Waals surface area (Å²) in [5.74, 6) is -2.41. The molecule has 2 N–H and O–H groups in total. The minimum atomic E-state index is -0.889. The number of carbonyl (C=O) groups is 3. The molecule has 4 rings (SSSR count). The minimum Gasteiger partial charge on any atom is -0.507 e. The predicted octanol–water partition coefficient (Wildman–Crippen LogP) is 2.86. The summed E-state index contributed by atoms with van der Waals surface area (Å²) in [6, 6.07) is 7.45. The van der Waals surface area contributed by atoms with Crippen molar-refractivity contribution >= 4 is 17.5 Å². The van der Waals surface area contributed by atoms with Gasteiger partial charge in [-0.2, -0.15) is 0 Å². The Labute approximate surface area is 196 Å². The Morgan fingerprint density at radius 1 is 1.15 bits per heavy atom. The van der Waals surface area contributed by atoms with E-state index in [0.29, 0.717) is 0 Å². The van der Waals surface area contributed by atoms with E-state index in [-0.39, 0.29) is 40.8 Å². The number of aromatic hydroxyl groups is 2. The summed E-state index contributed by atoms with van der Waals surface area (Å²) in [6.45, 7) is 4.59. The number of benzene rings is 2. The first-order valence-corrected chi connectivity index (χ1v) is 10.8. The zero-order valence-electron chi connectivity index (χ0n) is 19.3. The standard InChI is InChI=1S/C25H26O9/c1-12-24(34-13(2)26)25(3,31-4)10-18(33-12)32-11-14-9-17(27)19-20(21(14)28)23(30)16-8-6-5-7-15(16)22(19)29/h5-9,12,18,24,27-28H,10-11H2,1-4H3/t12-,18+,24-,25+/m0/s1. The molecule has 0 saturated carbocycles. The number of phenols is 2. The van der Waals surface area contributed by atoms with Gasteiger partial charge in [-0.15, -0.1) is 0 Å². The van der Waals surface area contributed by atoms with Gasteiger partial charge in [0, 0.05) is 37.1 Å². The van der Waals surface area contributed by atoms with E-state index in [2.05, 4.69) is 0 Å². The van der Waals surface area contributed by atoms with Crippen molar-refractivity contribution in [2.75, 3.05) is 7.11 Å². The number of ketones is 2. The van der Waals surface area contributed by atoms with Crippen LogP contribution in [0.15, 0.2) is 30.3 Å². The van der Waals surface area contributed by atoms with Crippen LogP contribution in [-0.2, 0) is 30.3 Å². The van der Waals surface area contributed by atoms with Gasteiger partial charge in [-0.05, 0) is 19.9 Å². The largest absolute Gasteiger partial charge is 0.507 e. The summed E-state index contributed by atoms with van der Waals surface area (Å²) in [5, 5.41) is 21.4. The van der Waals surface area contributed by atoms with E-state index in [1.807, 2.05) is 0 Å². The smallest absolute Gasteiger partial charge is 0.303 e. The van der Waals surface area contributed by atoms with Crippen LogP contribution < -0.4 is 0 Å². The third-order valence-electron chi connectivity index (χ3n) is 6.38. The topological polar surface area (TPSA) is 129 Å². The van der Waals surface area contributed by atoms with Crippen LogP contribution in [0.2, 0.25) is 0 Å². The predicted molar refractivity (Wildman–Crippen MR) is 118 cm³/mol. The van der Waals surface area contributed by atoms with Crippen LogP contribution in [0.4, 0.5) is 0 Å². The summed E-state index contributed by atoms with van der Waals surface area (Å²) in [4.78, 5) is 37.4. The summed E-state index contributed by atoms with van der Waals surface area (Å²) < 4.78 is 22.7. The molecule has 4 atom stereocenters. The Hall–Kier alpha value is -3.27. The molecule has 1 fully saturated rings. The molecule has 0 amide bonds. The fourth-order valence-electron chi connectivity index (χ4n) is 4.60. The van der Waals surface area contributed by atoms with Crippen molar-refractivity contribution in [2.24, 2.45) is 0 Å². The van der Waals surface area contributed by atoms with Crippen LogP contribution in [0.3, 0.4) is 0 Å². The number of phenolic OH excluding ortho intramolecular Hbond substituents is 2. The van der Waals surface area contributed by atoms with E-state index in [1.165, 1.54) is 32.2 Å². The quantitative estimate of drug-likeness (QED) is 0.427. The zero-order chi connectivity index (χ0) is 24.8. The highest BCUT2D eigenvalue weighted by atomic mass is 16.7. The van der Waals surface area contributed by atoms with Crippen LogP contribution in [0.25, 0.3) is 0 Å². The molecule has 0 unspecified atom stereocenters. The highest BCUT2D eigenvalue weighted by molar-refractivity contribution is 6.30. The maximum atomic E-state index is 13.0. The lowest BCUT2D eigenvalue weighted by Gasteiger charge is -2.45. The van der Waals surface area contributed by atoms with Gasteiger partial charge in [0.15, 0.2) is 24.0 Å². The average Bonchev–Trinajstić information content (AvgIpc) is 2.80. The van der Waals surface area contributed by atoms with Crippen LogP contribution in [0.5, 0.6) is 11.5 Å². The Bertz CT molecular complexity index is 1170. The molecule has 1 aliphatic carbocycles. The second kappa shape index (κ2) is 8.83. The Morgan fingerprint density at radius 3 is 2.35 bits per heavy atom. The number of ether oxygens (including phenoxy) is 4. The van der Waals surface area contributed by atoms with Crippen molar-refractivity contribution in [1.29, 1.82) is 0 Å². The molecule has 2 aromatic rings. The number of hydrogen-bond donors (Lipinski definition) is 2. The monoisotopic (exact) mass is 470 g/mol. The second-order valence-electron chi connectivity index (χ2n) is 8.69. The molecule has 2 aliphatic rings. The first-order chi connectivity index (χ1) is 16.1. The highest BCUT2D eigenvalue weighted by Gasteiger charge is 2.48. The van der Waals surface area contributed by atoms with Crippen molar-refractivity contribution in [3.63, 3.8) is 0 Å². The van der Waals surface area contributed by atoms with E-state index in [9.17, 15) is 24.6 Å². The number of carbonyl (C=O) groups excluding carboxylic acids is 3. The highest BCUT2D eigenvalue weighted by Crippen LogP contribution is 2.41. The zero-order valence-corrected chi connectivity index (χ0v) is 19.3. The summed E-state index contributed by atoms with van der Waals surface area (Å²) >= 11 is 0. The molecule has 9 heteroatoms. The number of fused-ring (bicyclic) bond motifs is 2. The lowest BCUT2D eigenvalue weighted by molar-refractivity contribution is -0.284. The third-order valence-corrected chi connectivity index (χ3v) is 6.38. The second-order valence-corrected chi connectivity index (χ2v) is 8.69. The van der Waals surface area contributed by atoms with Crippen LogP contribution in [-0.4, -0.2) is 59.0 Å². The summed E-state index contributed by atoms with van der Waals surface area (Å²) in [7, 11) is 1.50. The molecule has 1 heterocycles. The number of esters is 1. The van der Waals surface area contributed by atoms with Gasteiger partial charge >= 0.3 is 5.97 Å². The van der Waals surface area contributed by atoms with Gasteiger partial charge < -0.3 is 29.2 Å². The molecule has 0 spiro atoms. The first kappa shape index (κ1) is 23.9. The maximum absolute atomic E-state index is 13.0. The van der Waals surface area contributed by atoms with Crippen LogP contribution in [0, 0.1) is 0 Å². The fraction of sp³-hybridized carbons (Fsp3) is 0.400. The SMILES string of the molecule is CO[C@]1(C)C[C@H](OCc2cc(O)c3c(c2O)C(=O)c2ccccc2C3=O)O[C@@H](C)[C@@H]1OC(C)=O. The number of rotatable bonds is 5. The summed E-state index contributed by atoms with van der Waals surface area (Å²) in [5.41, 5.74) is -0.927. The fourth-order valence-corrected chi connectivity index (χ4v) is 4.60. The van der Waals surface area contributed by atoms with Gasteiger partial charge in [-0.1, -0.05) is 24.3 Å². The van der Waals surface area contributed by atoms with E-state index in [4.69, 9.17) is 18.9 Å². The van der Waals surface area contributed by atoms with Gasteiger partial charge in [-0.3, -0.25) is 14.4 Å². The minimum absolute atomic E-state index is 0.120. The van der Waals surface area contributed by atoms with Crippen LogP contribution in [0.1, 0.15) is 64.6 Å². The van der Waals surface area contributed by atoms with E-state index < -0.39 is 53.1 Å². The van der Waals surface area contributed by atoms with Crippen molar-refractivity contribution in [3.8, 4) is 11.5 Å². The van der Waals surface area contributed by atoms with Crippen LogP contribution >= 0.6 is 0 Å².